The molecule has 7 heteroatoms. The third-order valence-corrected chi connectivity index (χ3v) is 5.41. The highest BCUT2D eigenvalue weighted by atomic mass is 79.9. The first-order chi connectivity index (χ1) is 9.87. The van der Waals surface area contributed by atoms with Gasteiger partial charge in [0.2, 0.25) is 0 Å². The van der Waals surface area contributed by atoms with Crippen molar-refractivity contribution in [2.75, 3.05) is 11.9 Å². The molecule has 5 nitrogen and oxygen atoms in total. The minimum atomic E-state index is -0.512. The van der Waals surface area contributed by atoms with E-state index in [2.05, 4.69) is 51.0 Å². The number of alkyl halides is 1. The molecule has 1 amide bonds. The van der Waals surface area contributed by atoms with E-state index in [4.69, 9.17) is 0 Å². The Kier molecular flexibility index (Phi) is 6.80. The third-order valence-electron chi connectivity index (χ3n) is 3.76. The summed E-state index contributed by atoms with van der Waals surface area (Å²) in [6.07, 6.45) is 1.88. The standard InChI is InChI=1S/C14H18Br2N2O3/c1-3-14(4-2,8-15)9-17-13(19)10-5-11(16)7-12(6-10)18(20)21/h5-7H,3-4,8-9H2,1-2H3,(H,17,19). The van der Waals surface area contributed by atoms with Crippen LogP contribution in [0.15, 0.2) is 22.7 Å². The van der Waals surface area contributed by atoms with Crippen molar-refractivity contribution >= 4 is 43.5 Å². The normalized spacial score (nSPS) is 11.2. The number of nitro groups is 1. The SMILES string of the molecule is CCC(CC)(CBr)CNC(=O)c1cc(Br)cc([N+](=O)[O-])c1. The fraction of sp³-hybridized carbons (Fsp3) is 0.500. The highest BCUT2D eigenvalue weighted by Crippen LogP contribution is 2.28. The van der Waals surface area contributed by atoms with E-state index >= 15 is 0 Å². The first kappa shape index (κ1) is 18.1. The second-order valence-electron chi connectivity index (χ2n) is 4.98. The van der Waals surface area contributed by atoms with Gasteiger partial charge < -0.3 is 5.32 Å². The van der Waals surface area contributed by atoms with Crippen LogP contribution < -0.4 is 5.32 Å². The number of rotatable bonds is 7. The fourth-order valence-electron chi connectivity index (χ4n) is 1.92. The lowest BCUT2D eigenvalue weighted by Crippen LogP contribution is -2.38. The molecular formula is C14H18Br2N2O3. The summed E-state index contributed by atoms with van der Waals surface area (Å²) in [6.45, 7) is 4.70. The number of non-ortho nitro benzene ring substituents is 1. The quantitative estimate of drug-likeness (QED) is 0.405. The van der Waals surface area contributed by atoms with Gasteiger partial charge in [0, 0.05) is 34.0 Å². The molecule has 0 aliphatic rings. The largest absolute Gasteiger partial charge is 0.351 e. The number of benzene rings is 1. The smallest absolute Gasteiger partial charge is 0.271 e. The van der Waals surface area contributed by atoms with Gasteiger partial charge in [-0.3, -0.25) is 14.9 Å². The zero-order chi connectivity index (χ0) is 16.0. The Morgan fingerprint density at radius 2 is 1.95 bits per heavy atom. The molecule has 0 aromatic heterocycles. The minimum absolute atomic E-state index is 0.00755. The number of carbonyl (C=O) groups is 1. The van der Waals surface area contributed by atoms with Gasteiger partial charge >= 0.3 is 0 Å². The van der Waals surface area contributed by atoms with E-state index in [1.165, 1.54) is 12.1 Å². The maximum atomic E-state index is 12.2. The van der Waals surface area contributed by atoms with Crippen LogP contribution in [-0.2, 0) is 0 Å². The molecule has 0 radical (unpaired) electrons. The van der Waals surface area contributed by atoms with E-state index in [-0.39, 0.29) is 22.6 Å². The van der Waals surface area contributed by atoms with Crippen molar-refractivity contribution in [3.8, 4) is 0 Å². The number of nitrogens with one attached hydrogen (secondary N) is 1. The summed E-state index contributed by atoms with van der Waals surface area (Å²) >= 11 is 6.68. The average molecular weight is 422 g/mol. The summed E-state index contributed by atoms with van der Waals surface area (Å²) in [5.74, 6) is -0.299. The van der Waals surface area contributed by atoms with Gasteiger partial charge in [0.05, 0.1) is 4.92 Å². The number of hydrogen-bond donors (Lipinski definition) is 1. The summed E-state index contributed by atoms with van der Waals surface area (Å²) in [5.41, 5.74) is 0.187. The van der Waals surface area contributed by atoms with E-state index < -0.39 is 4.92 Å². The Balaban J connectivity index is 2.87. The van der Waals surface area contributed by atoms with Gasteiger partial charge in [0.15, 0.2) is 0 Å². The molecule has 1 rings (SSSR count). The highest BCUT2D eigenvalue weighted by Gasteiger charge is 2.26. The molecule has 0 saturated heterocycles. The molecule has 1 aromatic rings. The second-order valence-corrected chi connectivity index (χ2v) is 6.46. The number of hydrogen-bond acceptors (Lipinski definition) is 3. The Labute approximate surface area is 140 Å². The first-order valence-electron chi connectivity index (χ1n) is 6.66. The van der Waals surface area contributed by atoms with E-state index in [0.717, 1.165) is 18.2 Å². The zero-order valence-electron chi connectivity index (χ0n) is 12.0. The fourth-order valence-corrected chi connectivity index (χ4v) is 3.39. The van der Waals surface area contributed by atoms with E-state index in [1.807, 2.05) is 0 Å². The van der Waals surface area contributed by atoms with Crippen LogP contribution in [0.1, 0.15) is 37.0 Å². The van der Waals surface area contributed by atoms with Crippen LogP contribution >= 0.6 is 31.9 Å². The predicted octanol–water partition coefficient (Wildman–Crippen LogP) is 4.29. The lowest BCUT2D eigenvalue weighted by Gasteiger charge is -2.29. The molecule has 0 spiro atoms. The summed E-state index contributed by atoms with van der Waals surface area (Å²) in [7, 11) is 0. The van der Waals surface area contributed by atoms with Crippen molar-refractivity contribution in [1.29, 1.82) is 0 Å². The Hall–Kier alpha value is -0.950. The molecule has 1 N–H and O–H groups in total. The van der Waals surface area contributed by atoms with Crippen molar-refractivity contribution in [1.82, 2.24) is 5.32 Å². The number of amides is 1. The summed E-state index contributed by atoms with van der Waals surface area (Å²) < 4.78 is 0.514. The predicted molar refractivity (Wildman–Crippen MR) is 89.9 cm³/mol. The minimum Gasteiger partial charge on any atom is -0.351 e. The van der Waals surface area contributed by atoms with Crippen LogP contribution in [0.5, 0.6) is 0 Å². The van der Waals surface area contributed by atoms with Gasteiger partial charge in [0.1, 0.15) is 0 Å². The topological polar surface area (TPSA) is 72.2 Å². The van der Waals surface area contributed by atoms with Gasteiger partial charge in [-0.05, 0) is 24.3 Å². The van der Waals surface area contributed by atoms with Crippen molar-refractivity contribution in [2.45, 2.75) is 26.7 Å². The number of nitro benzene ring substituents is 1. The first-order valence-corrected chi connectivity index (χ1v) is 8.58. The molecule has 1 aromatic carbocycles. The maximum Gasteiger partial charge on any atom is 0.271 e. The third kappa shape index (κ3) is 4.78. The molecule has 0 saturated carbocycles. The zero-order valence-corrected chi connectivity index (χ0v) is 15.2. The number of carbonyl (C=O) groups excluding carboxylic acids is 1. The number of halogens is 2. The van der Waals surface area contributed by atoms with Crippen LogP contribution in [0.3, 0.4) is 0 Å². The average Bonchev–Trinajstić information content (AvgIpc) is 2.48. The molecule has 21 heavy (non-hydrogen) atoms. The van der Waals surface area contributed by atoms with Gasteiger partial charge in [-0.2, -0.15) is 0 Å². The monoisotopic (exact) mass is 420 g/mol. The van der Waals surface area contributed by atoms with E-state index in [1.54, 1.807) is 6.07 Å². The number of nitrogens with zero attached hydrogens (tertiary/aromatic N) is 1. The van der Waals surface area contributed by atoms with Crippen LogP contribution in [0, 0.1) is 15.5 Å². The van der Waals surface area contributed by atoms with Crippen molar-refractivity contribution < 1.29 is 9.72 Å². The maximum absolute atomic E-state index is 12.2. The Morgan fingerprint density at radius 3 is 2.43 bits per heavy atom. The molecule has 0 aliphatic carbocycles. The van der Waals surface area contributed by atoms with Crippen LogP contribution in [0.25, 0.3) is 0 Å². The lowest BCUT2D eigenvalue weighted by molar-refractivity contribution is -0.385. The molecular weight excluding hydrogens is 404 g/mol. The Bertz CT molecular complexity index is 523. The van der Waals surface area contributed by atoms with Crippen molar-refractivity contribution in [3.63, 3.8) is 0 Å². The summed E-state index contributed by atoms with van der Waals surface area (Å²) in [6, 6.07) is 4.24. The molecule has 0 fully saturated rings. The van der Waals surface area contributed by atoms with Crippen LogP contribution in [-0.4, -0.2) is 22.7 Å². The Morgan fingerprint density at radius 1 is 1.33 bits per heavy atom. The van der Waals surface area contributed by atoms with Gasteiger partial charge in [0.25, 0.3) is 11.6 Å². The lowest BCUT2D eigenvalue weighted by atomic mass is 9.84. The van der Waals surface area contributed by atoms with Gasteiger partial charge in [-0.15, -0.1) is 0 Å². The van der Waals surface area contributed by atoms with Crippen LogP contribution in [0.4, 0.5) is 5.69 Å². The summed E-state index contributed by atoms with van der Waals surface area (Å²) in [5, 5.41) is 14.5. The summed E-state index contributed by atoms with van der Waals surface area (Å²) in [4.78, 5) is 22.5. The molecule has 0 aliphatic heterocycles. The molecule has 0 atom stereocenters. The highest BCUT2D eigenvalue weighted by molar-refractivity contribution is 9.10. The van der Waals surface area contributed by atoms with Crippen LogP contribution in [0.2, 0.25) is 0 Å². The van der Waals surface area contributed by atoms with Gasteiger partial charge in [-0.1, -0.05) is 45.7 Å². The molecule has 116 valence electrons. The molecule has 0 bridgehead atoms. The second kappa shape index (κ2) is 7.89. The molecule has 0 unspecified atom stereocenters. The van der Waals surface area contributed by atoms with Crippen molar-refractivity contribution in [3.05, 3.63) is 38.3 Å². The molecule has 0 heterocycles. The van der Waals surface area contributed by atoms with E-state index in [0.29, 0.717) is 11.0 Å². The van der Waals surface area contributed by atoms with E-state index in [9.17, 15) is 14.9 Å². The van der Waals surface area contributed by atoms with Gasteiger partial charge in [-0.25, -0.2) is 0 Å². The van der Waals surface area contributed by atoms with Crippen molar-refractivity contribution in [2.24, 2.45) is 5.41 Å².